The van der Waals surface area contributed by atoms with Crippen molar-refractivity contribution < 1.29 is 0 Å². The van der Waals surface area contributed by atoms with Gasteiger partial charge in [0.15, 0.2) is 0 Å². The summed E-state index contributed by atoms with van der Waals surface area (Å²) in [5, 5.41) is 1.01. The first-order valence-corrected chi connectivity index (χ1v) is 9.04. The lowest BCUT2D eigenvalue weighted by molar-refractivity contribution is 1.08. The van der Waals surface area contributed by atoms with Crippen molar-refractivity contribution in [1.82, 2.24) is 9.97 Å². The van der Waals surface area contributed by atoms with Crippen molar-refractivity contribution in [3.05, 3.63) is 45.0 Å². The van der Waals surface area contributed by atoms with E-state index in [0.717, 1.165) is 26.3 Å². The molecule has 0 aliphatic heterocycles. The third kappa shape index (κ3) is 3.07. The smallest absolute Gasteiger partial charge is 0.142 e. The summed E-state index contributed by atoms with van der Waals surface area (Å²) in [6.45, 7) is 4.17. The zero-order chi connectivity index (χ0) is 15.0. The molecule has 3 aromatic rings. The van der Waals surface area contributed by atoms with Gasteiger partial charge in [0.2, 0.25) is 0 Å². The number of nitrogens with zero attached hydrogens (tertiary/aromatic N) is 2. The molecule has 0 bridgehead atoms. The van der Waals surface area contributed by atoms with Crippen LogP contribution in [-0.2, 0) is 5.75 Å². The highest BCUT2D eigenvalue weighted by atomic mass is 79.9. The first-order valence-electron chi connectivity index (χ1n) is 6.45. The predicted octanol–water partition coefficient (Wildman–Crippen LogP) is 4.95. The summed E-state index contributed by atoms with van der Waals surface area (Å²) in [6.07, 6.45) is 0. The van der Waals surface area contributed by atoms with Gasteiger partial charge in [-0.3, -0.25) is 0 Å². The number of rotatable bonds is 3. The Hall–Kier alpha value is -1.11. The molecule has 3 nitrogen and oxygen atoms in total. The Labute approximate surface area is 140 Å². The molecule has 0 saturated carbocycles. The highest BCUT2D eigenvalue weighted by molar-refractivity contribution is 9.10. The van der Waals surface area contributed by atoms with Crippen LogP contribution in [-0.4, -0.2) is 9.97 Å². The molecule has 2 aromatic heterocycles. The Morgan fingerprint density at radius 1 is 1.19 bits per heavy atom. The fourth-order valence-corrected chi connectivity index (χ4v) is 4.14. The lowest BCUT2D eigenvalue weighted by Crippen LogP contribution is -1.99. The van der Waals surface area contributed by atoms with Crippen molar-refractivity contribution in [2.45, 2.75) is 24.5 Å². The minimum absolute atomic E-state index is 0.591. The van der Waals surface area contributed by atoms with Gasteiger partial charge in [0.25, 0.3) is 0 Å². The van der Waals surface area contributed by atoms with Gasteiger partial charge in [0.05, 0.1) is 11.1 Å². The average molecular weight is 380 g/mol. The largest absolute Gasteiger partial charge is 0.383 e. The van der Waals surface area contributed by atoms with E-state index in [4.69, 9.17) is 5.73 Å². The number of fused-ring (bicyclic) bond motifs is 1. The van der Waals surface area contributed by atoms with E-state index in [1.54, 1.807) is 23.1 Å². The molecule has 0 spiro atoms. The third-order valence-corrected chi connectivity index (χ3v) is 5.92. The van der Waals surface area contributed by atoms with Crippen molar-refractivity contribution in [2.75, 3.05) is 5.73 Å². The molecule has 1 aromatic carbocycles. The molecule has 0 atom stereocenters. The highest BCUT2D eigenvalue weighted by Gasteiger charge is 2.12. The van der Waals surface area contributed by atoms with Gasteiger partial charge in [-0.15, -0.1) is 23.1 Å². The van der Waals surface area contributed by atoms with E-state index in [-0.39, 0.29) is 0 Å². The molecule has 0 saturated heterocycles. The van der Waals surface area contributed by atoms with Crippen LogP contribution in [0, 0.1) is 13.8 Å². The van der Waals surface area contributed by atoms with Gasteiger partial charge in [-0.05, 0) is 43.7 Å². The van der Waals surface area contributed by atoms with Crippen LogP contribution in [0.4, 0.5) is 5.82 Å². The average Bonchev–Trinajstić information content (AvgIpc) is 2.74. The number of thioether (sulfide) groups is 1. The number of benzene rings is 1. The molecule has 2 heterocycles. The molecule has 21 heavy (non-hydrogen) atoms. The minimum Gasteiger partial charge on any atom is -0.383 e. The topological polar surface area (TPSA) is 51.8 Å². The molecule has 0 unspecified atom stereocenters. The second kappa shape index (κ2) is 5.94. The van der Waals surface area contributed by atoms with E-state index in [9.17, 15) is 0 Å². The molecular formula is C15H14BrN3S2. The van der Waals surface area contributed by atoms with Crippen LogP contribution >= 0.6 is 39.0 Å². The zero-order valence-corrected chi connectivity index (χ0v) is 14.9. The number of nitrogens with two attached hydrogens (primary N) is 1. The van der Waals surface area contributed by atoms with Crippen LogP contribution in [0.1, 0.15) is 16.3 Å². The maximum Gasteiger partial charge on any atom is 0.142 e. The molecule has 3 rings (SSSR count). The Morgan fingerprint density at radius 3 is 2.62 bits per heavy atom. The van der Waals surface area contributed by atoms with Gasteiger partial charge in [0, 0.05) is 14.2 Å². The van der Waals surface area contributed by atoms with Crippen LogP contribution in [0.5, 0.6) is 0 Å². The number of aromatic nitrogens is 2. The monoisotopic (exact) mass is 379 g/mol. The first-order chi connectivity index (χ1) is 10.0. The molecule has 0 aliphatic rings. The predicted molar refractivity (Wildman–Crippen MR) is 95.0 cm³/mol. The normalized spacial score (nSPS) is 11.2. The van der Waals surface area contributed by atoms with Crippen LogP contribution < -0.4 is 5.73 Å². The summed E-state index contributed by atoms with van der Waals surface area (Å²) < 4.78 is 1.08. The molecule has 6 heteroatoms. The number of hydrogen-bond acceptors (Lipinski definition) is 5. The van der Waals surface area contributed by atoms with E-state index in [1.165, 1.54) is 15.3 Å². The van der Waals surface area contributed by atoms with Gasteiger partial charge in [-0.2, -0.15) is 0 Å². The summed E-state index contributed by atoms with van der Waals surface area (Å²) >= 11 is 6.84. The van der Waals surface area contributed by atoms with Gasteiger partial charge in [-0.1, -0.05) is 15.9 Å². The Bertz CT molecular complexity index is 797. The maximum absolute atomic E-state index is 6.10. The van der Waals surface area contributed by atoms with E-state index in [2.05, 4.69) is 51.9 Å². The molecule has 0 radical (unpaired) electrons. The molecular weight excluding hydrogens is 366 g/mol. The standard InChI is InChI=1S/C15H14BrN3S2/c1-8-9(2)21-15-13(8)14(17)18-12(19-15)7-20-11-5-3-10(16)4-6-11/h3-6H,7H2,1-2H3,(H2,17,18,19). The fourth-order valence-electron chi connectivity index (χ4n) is 2.07. The number of aryl methyl sites for hydroxylation is 2. The number of thiophene rings is 1. The Balaban J connectivity index is 1.86. The maximum atomic E-state index is 6.10. The summed E-state index contributed by atoms with van der Waals surface area (Å²) in [4.78, 5) is 12.5. The van der Waals surface area contributed by atoms with Crippen LogP contribution in [0.25, 0.3) is 10.2 Å². The summed E-state index contributed by atoms with van der Waals surface area (Å²) in [5.74, 6) is 2.10. The molecule has 0 amide bonds. The van der Waals surface area contributed by atoms with Gasteiger partial charge < -0.3 is 5.73 Å². The van der Waals surface area contributed by atoms with Crippen molar-refractivity contribution >= 4 is 55.1 Å². The van der Waals surface area contributed by atoms with E-state index in [0.29, 0.717) is 5.82 Å². The Kier molecular flexibility index (Phi) is 4.19. The van der Waals surface area contributed by atoms with Crippen LogP contribution in [0.15, 0.2) is 33.6 Å². The third-order valence-electron chi connectivity index (χ3n) is 3.28. The summed E-state index contributed by atoms with van der Waals surface area (Å²) in [6, 6.07) is 8.23. The van der Waals surface area contributed by atoms with Crippen molar-refractivity contribution in [2.24, 2.45) is 0 Å². The Morgan fingerprint density at radius 2 is 1.90 bits per heavy atom. The SMILES string of the molecule is Cc1sc2nc(CSc3ccc(Br)cc3)nc(N)c2c1C. The van der Waals surface area contributed by atoms with Crippen molar-refractivity contribution in [1.29, 1.82) is 0 Å². The van der Waals surface area contributed by atoms with Crippen LogP contribution in [0.3, 0.4) is 0 Å². The number of nitrogen functional groups attached to an aromatic ring is 1. The number of anilines is 1. The quantitative estimate of drug-likeness (QED) is 0.654. The number of hydrogen-bond donors (Lipinski definition) is 1. The van der Waals surface area contributed by atoms with E-state index in [1.807, 2.05) is 12.1 Å². The summed E-state index contributed by atoms with van der Waals surface area (Å²) in [5.41, 5.74) is 7.29. The van der Waals surface area contributed by atoms with E-state index < -0.39 is 0 Å². The molecule has 108 valence electrons. The van der Waals surface area contributed by atoms with Gasteiger partial charge in [0.1, 0.15) is 16.5 Å². The lowest BCUT2D eigenvalue weighted by Gasteiger charge is -2.04. The second-order valence-corrected chi connectivity index (χ2v) is 7.90. The molecule has 0 aliphatic carbocycles. The fraction of sp³-hybridized carbons (Fsp3) is 0.200. The number of halogens is 1. The molecule has 2 N–H and O–H groups in total. The first kappa shape index (κ1) is 14.8. The van der Waals surface area contributed by atoms with Gasteiger partial charge in [-0.25, -0.2) is 9.97 Å². The minimum atomic E-state index is 0.591. The molecule has 0 fully saturated rings. The van der Waals surface area contributed by atoms with Crippen molar-refractivity contribution in [3.8, 4) is 0 Å². The summed E-state index contributed by atoms with van der Waals surface area (Å²) in [7, 11) is 0. The second-order valence-electron chi connectivity index (χ2n) is 4.73. The van der Waals surface area contributed by atoms with Gasteiger partial charge >= 0.3 is 0 Å². The highest BCUT2D eigenvalue weighted by Crippen LogP contribution is 2.33. The van der Waals surface area contributed by atoms with Crippen LogP contribution in [0.2, 0.25) is 0 Å². The lowest BCUT2D eigenvalue weighted by atomic mass is 10.2. The van der Waals surface area contributed by atoms with E-state index >= 15 is 0 Å². The zero-order valence-electron chi connectivity index (χ0n) is 11.7. The van der Waals surface area contributed by atoms with Crippen molar-refractivity contribution in [3.63, 3.8) is 0 Å².